The molecule has 0 N–H and O–H groups in total. The van der Waals surface area contributed by atoms with E-state index < -0.39 is 0 Å². The van der Waals surface area contributed by atoms with Crippen molar-refractivity contribution in [2.45, 2.75) is 33.1 Å². The van der Waals surface area contributed by atoms with Crippen LogP contribution in [0.1, 0.15) is 29.1 Å². The number of hydrogen-bond donors (Lipinski definition) is 0. The fourth-order valence-electron chi connectivity index (χ4n) is 2.21. The van der Waals surface area contributed by atoms with Crippen LogP contribution in [0.15, 0.2) is 6.20 Å². The number of rotatable bonds is 5. The van der Waals surface area contributed by atoms with Crippen molar-refractivity contribution in [2.24, 2.45) is 14.1 Å². The van der Waals surface area contributed by atoms with Crippen LogP contribution in [0.2, 0.25) is 0 Å². The third kappa shape index (κ3) is 3.07. The van der Waals surface area contributed by atoms with Gasteiger partial charge in [-0.15, -0.1) is 5.10 Å². The molecule has 19 heavy (non-hydrogen) atoms. The first kappa shape index (κ1) is 13.5. The molecule has 2 aromatic heterocycles. The van der Waals surface area contributed by atoms with E-state index in [1.54, 1.807) is 17.9 Å². The molecule has 2 heterocycles. The van der Waals surface area contributed by atoms with Crippen LogP contribution in [0, 0.1) is 13.8 Å². The molecule has 0 aliphatic carbocycles. The summed E-state index contributed by atoms with van der Waals surface area (Å²) in [6, 6.07) is 0. The number of carbonyl (C=O) groups is 1. The first-order chi connectivity index (χ1) is 8.97. The minimum atomic E-state index is 0.183. The van der Waals surface area contributed by atoms with Gasteiger partial charge in [-0.25, -0.2) is 0 Å². The Balaban J connectivity index is 1.93. The van der Waals surface area contributed by atoms with Gasteiger partial charge in [-0.05, 0) is 25.8 Å². The zero-order chi connectivity index (χ0) is 14.0. The van der Waals surface area contributed by atoms with Gasteiger partial charge >= 0.3 is 0 Å². The Morgan fingerprint density at radius 3 is 2.58 bits per heavy atom. The fraction of sp³-hybridized carbons (Fsp3) is 0.538. The Hall–Kier alpha value is -1.98. The highest BCUT2D eigenvalue weighted by molar-refractivity contribution is 5.80. The zero-order valence-electron chi connectivity index (χ0n) is 11.8. The monoisotopic (exact) mass is 261 g/mol. The molecule has 0 aliphatic heterocycles. The van der Waals surface area contributed by atoms with Gasteiger partial charge in [-0.3, -0.25) is 14.2 Å². The molecule has 0 atom stereocenters. The zero-order valence-corrected chi connectivity index (χ0v) is 11.8. The Morgan fingerprint density at radius 2 is 2.05 bits per heavy atom. The van der Waals surface area contributed by atoms with Crippen LogP contribution in [0.3, 0.4) is 0 Å². The average molecular weight is 261 g/mol. The van der Waals surface area contributed by atoms with E-state index in [1.807, 2.05) is 25.6 Å². The topological polar surface area (TPSA) is 65.6 Å². The van der Waals surface area contributed by atoms with Gasteiger partial charge in [0.2, 0.25) is 0 Å². The van der Waals surface area contributed by atoms with Gasteiger partial charge in [-0.2, -0.15) is 5.10 Å². The van der Waals surface area contributed by atoms with E-state index in [4.69, 9.17) is 0 Å². The van der Waals surface area contributed by atoms with Crippen LogP contribution in [-0.2, 0) is 31.7 Å². The Kier molecular flexibility index (Phi) is 3.78. The molecule has 6 nitrogen and oxygen atoms in total. The van der Waals surface area contributed by atoms with Crippen LogP contribution < -0.4 is 0 Å². The maximum absolute atomic E-state index is 11.9. The van der Waals surface area contributed by atoms with E-state index in [0.717, 1.165) is 23.5 Å². The molecule has 0 radical (unpaired) electrons. The summed E-state index contributed by atoms with van der Waals surface area (Å²) >= 11 is 0. The van der Waals surface area contributed by atoms with Crippen molar-refractivity contribution in [3.8, 4) is 0 Å². The van der Waals surface area contributed by atoms with Crippen molar-refractivity contribution in [3.63, 3.8) is 0 Å². The van der Waals surface area contributed by atoms with Crippen LogP contribution in [0.25, 0.3) is 0 Å². The molecule has 0 aliphatic rings. The molecule has 102 valence electrons. The average Bonchev–Trinajstić information content (AvgIpc) is 2.83. The molecule has 0 aromatic carbocycles. The second kappa shape index (κ2) is 5.34. The van der Waals surface area contributed by atoms with E-state index in [9.17, 15) is 4.79 Å². The van der Waals surface area contributed by atoms with Crippen LogP contribution in [0.5, 0.6) is 0 Å². The highest BCUT2D eigenvalue weighted by Gasteiger charge is 2.12. The Morgan fingerprint density at radius 1 is 1.32 bits per heavy atom. The Labute approximate surface area is 112 Å². The predicted molar refractivity (Wildman–Crippen MR) is 70.7 cm³/mol. The van der Waals surface area contributed by atoms with Gasteiger partial charge in [0, 0.05) is 32.4 Å². The third-order valence-electron chi connectivity index (χ3n) is 3.34. The molecule has 2 aromatic rings. The number of aryl methyl sites for hydroxylation is 3. The fourth-order valence-corrected chi connectivity index (χ4v) is 2.21. The van der Waals surface area contributed by atoms with Crippen molar-refractivity contribution >= 4 is 5.78 Å². The van der Waals surface area contributed by atoms with Gasteiger partial charge in [0.1, 0.15) is 5.78 Å². The third-order valence-corrected chi connectivity index (χ3v) is 3.34. The second-order valence-electron chi connectivity index (χ2n) is 4.87. The molecular formula is C13H19N5O. The lowest BCUT2D eigenvalue weighted by atomic mass is 10.0. The van der Waals surface area contributed by atoms with Gasteiger partial charge in [0.05, 0.1) is 17.8 Å². The quantitative estimate of drug-likeness (QED) is 0.802. The van der Waals surface area contributed by atoms with E-state index >= 15 is 0 Å². The molecular weight excluding hydrogens is 242 g/mol. The summed E-state index contributed by atoms with van der Waals surface area (Å²) in [5, 5.41) is 12.1. The van der Waals surface area contributed by atoms with E-state index in [0.29, 0.717) is 12.8 Å². The number of aromatic nitrogens is 5. The molecule has 0 amide bonds. The lowest BCUT2D eigenvalue weighted by Crippen LogP contribution is -2.05. The molecule has 2 rings (SSSR count). The van der Waals surface area contributed by atoms with E-state index in [-0.39, 0.29) is 5.78 Å². The van der Waals surface area contributed by atoms with Gasteiger partial charge in [0.25, 0.3) is 0 Å². The smallest absolute Gasteiger partial charge is 0.139 e. The van der Waals surface area contributed by atoms with Crippen molar-refractivity contribution in [1.29, 1.82) is 0 Å². The number of hydrogen-bond acceptors (Lipinski definition) is 4. The normalized spacial score (nSPS) is 10.9. The van der Waals surface area contributed by atoms with E-state index in [1.165, 1.54) is 5.56 Å². The second-order valence-corrected chi connectivity index (χ2v) is 4.87. The maximum atomic E-state index is 11.9. The highest BCUT2D eigenvalue weighted by atomic mass is 16.1. The number of nitrogens with zero attached hydrogens (tertiary/aromatic N) is 5. The highest BCUT2D eigenvalue weighted by Crippen LogP contribution is 2.14. The number of Topliss-reactive ketones (excluding diaryl/α,β-unsaturated/α-hetero) is 1. The van der Waals surface area contributed by atoms with Crippen molar-refractivity contribution < 1.29 is 4.79 Å². The summed E-state index contributed by atoms with van der Waals surface area (Å²) in [5.41, 5.74) is 4.04. The lowest BCUT2D eigenvalue weighted by Gasteiger charge is -2.01. The van der Waals surface area contributed by atoms with E-state index in [2.05, 4.69) is 15.4 Å². The summed E-state index contributed by atoms with van der Waals surface area (Å²) in [7, 11) is 3.72. The van der Waals surface area contributed by atoms with Crippen molar-refractivity contribution in [1.82, 2.24) is 24.8 Å². The Bertz CT molecular complexity index is 596. The largest absolute Gasteiger partial charge is 0.299 e. The molecule has 0 unspecified atom stereocenters. The lowest BCUT2D eigenvalue weighted by molar-refractivity contribution is -0.118. The predicted octanol–water partition coefficient (Wildman–Crippen LogP) is 0.910. The minimum absolute atomic E-state index is 0.183. The summed E-state index contributed by atoms with van der Waals surface area (Å²) in [6.07, 6.45) is 3.39. The summed E-state index contributed by atoms with van der Waals surface area (Å²) in [5.74, 6) is 0.183. The molecule has 6 heteroatoms. The van der Waals surface area contributed by atoms with Crippen LogP contribution in [0.4, 0.5) is 0 Å². The van der Waals surface area contributed by atoms with Crippen LogP contribution >= 0.6 is 0 Å². The number of ketones is 1. The maximum Gasteiger partial charge on any atom is 0.139 e. The molecule has 0 spiro atoms. The first-order valence-corrected chi connectivity index (χ1v) is 6.33. The van der Waals surface area contributed by atoms with Crippen molar-refractivity contribution in [2.75, 3.05) is 0 Å². The minimum Gasteiger partial charge on any atom is -0.299 e. The molecule has 0 saturated carbocycles. The standard InChI is InChI=1S/C13H19N5O/c1-9-13(10(2)18(4)15-9)6-5-12(19)7-11-8-17(3)16-14-11/h8H,5-7H2,1-4H3. The number of carbonyl (C=O) groups excluding carboxylic acids is 1. The molecule has 0 fully saturated rings. The van der Waals surface area contributed by atoms with Gasteiger partial charge in [-0.1, -0.05) is 5.21 Å². The first-order valence-electron chi connectivity index (χ1n) is 6.33. The van der Waals surface area contributed by atoms with Gasteiger partial charge in [0.15, 0.2) is 0 Å². The molecule has 0 saturated heterocycles. The van der Waals surface area contributed by atoms with Crippen LogP contribution in [-0.4, -0.2) is 30.6 Å². The summed E-state index contributed by atoms with van der Waals surface area (Å²) < 4.78 is 3.47. The van der Waals surface area contributed by atoms with Crippen molar-refractivity contribution in [3.05, 3.63) is 28.8 Å². The summed E-state index contributed by atoms with van der Waals surface area (Å²) in [4.78, 5) is 11.9. The molecule has 0 bridgehead atoms. The summed E-state index contributed by atoms with van der Waals surface area (Å²) in [6.45, 7) is 4.01. The SMILES string of the molecule is Cc1nn(C)c(C)c1CCC(=O)Cc1cn(C)nn1. The van der Waals surface area contributed by atoms with Gasteiger partial charge < -0.3 is 0 Å².